The first kappa shape index (κ1) is 21.9. The minimum Gasteiger partial charge on any atom is -0.481 e. The number of aliphatic carboxylic acids is 1. The van der Waals surface area contributed by atoms with Crippen LogP contribution in [0.2, 0.25) is 0 Å². The van der Waals surface area contributed by atoms with Crippen LogP contribution in [0.25, 0.3) is 0 Å². The van der Waals surface area contributed by atoms with Crippen molar-refractivity contribution in [2.75, 3.05) is 0 Å². The predicted molar refractivity (Wildman–Crippen MR) is 98.1 cm³/mol. The molecule has 1 rings (SSSR count). The highest BCUT2D eigenvalue weighted by atomic mass is 16.4. The maximum absolute atomic E-state index is 10.5. The third-order valence-electron chi connectivity index (χ3n) is 4.95. The van der Waals surface area contributed by atoms with Crippen LogP contribution in [0.3, 0.4) is 0 Å². The van der Waals surface area contributed by atoms with Crippen molar-refractivity contribution >= 4 is 5.97 Å². The zero-order chi connectivity index (χ0) is 18.7. The number of carboxylic acids is 1. The van der Waals surface area contributed by atoms with Crippen molar-refractivity contribution in [3.8, 4) is 0 Å². The van der Waals surface area contributed by atoms with Crippen molar-refractivity contribution in [2.24, 2.45) is 11.8 Å². The molecule has 144 valence electrons. The van der Waals surface area contributed by atoms with Gasteiger partial charge in [-0.25, -0.2) is 0 Å². The Bertz CT molecular complexity index is 432. The topological polar surface area (TPSA) is 98.0 Å². The Balaban J connectivity index is 2.48. The molecule has 0 saturated heterocycles. The normalized spacial score (nSPS) is 28.2. The van der Waals surface area contributed by atoms with Crippen molar-refractivity contribution < 1.29 is 25.2 Å². The first-order valence-corrected chi connectivity index (χ1v) is 9.55. The Kier molecular flexibility index (Phi) is 10.7. The second-order valence-electron chi connectivity index (χ2n) is 7.02. The standard InChI is InChI=1S/C20H34O5/c1-2-3-4-5-9-12-16(21)20-15(17(22)14-18(20)23)11-8-6-7-10-13-19(24)25/h6,8-9,12,15-18,20-23H,2-5,7,10-11,13-14H2,1H3,(H,24,25)/b8-6-,12-9-/t15-,16-,17-,18+,20-/m0/s1. The number of aliphatic hydroxyl groups excluding tert-OH is 3. The summed E-state index contributed by atoms with van der Waals surface area (Å²) < 4.78 is 0. The van der Waals surface area contributed by atoms with E-state index in [9.17, 15) is 20.1 Å². The fraction of sp³-hybridized carbons (Fsp3) is 0.750. The first-order valence-electron chi connectivity index (χ1n) is 9.55. The highest BCUT2D eigenvalue weighted by Crippen LogP contribution is 2.38. The molecule has 0 bridgehead atoms. The summed E-state index contributed by atoms with van der Waals surface area (Å²) in [7, 11) is 0. The Hall–Kier alpha value is -1.17. The van der Waals surface area contributed by atoms with E-state index < -0.39 is 24.3 Å². The van der Waals surface area contributed by atoms with E-state index in [0.29, 0.717) is 25.7 Å². The second kappa shape index (κ2) is 12.2. The van der Waals surface area contributed by atoms with Gasteiger partial charge in [0.15, 0.2) is 0 Å². The third-order valence-corrected chi connectivity index (χ3v) is 4.95. The molecule has 1 aliphatic rings. The van der Waals surface area contributed by atoms with Crippen molar-refractivity contribution in [3.05, 3.63) is 24.3 Å². The van der Waals surface area contributed by atoms with Gasteiger partial charge in [0.05, 0.1) is 18.3 Å². The zero-order valence-corrected chi connectivity index (χ0v) is 15.3. The molecular formula is C20H34O5. The molecule has 0 aliphatic heterocycles. The van der Waals surface area contributed by atoms with Crippen LogP contribution < -0.4 is 0 Å². The number of hydrogen-bond acceptors (Lipinski definition) is 4. The van der Waals surface area contributed by atoms with Gasteiger partial charge in [0.25, 0.3) is 0 Å². The van der Waals surface area contributed by atoms with E-state index in [1.165, 1.54) is 6.42 Å². The minimum absolute atomic E-state index is 0.152. The van der Waals surface area contributed by atoms with Crippen LogP contribution in [-0.2, 0) is 4.79 Å². The van der Waals surface area contributed by atoms with Crippen LogP contribution in [0, 0.1) is 11.8 Å². The van der Waals surface area contributed by atoms with E-state index in [1.807, 2.05) is 18.2 Å². The number of hydrogen-bond donors (Lipinski definition) is 4. The molecule has 0 unspecified atom stereocenters. The highest BCUT2D eigenvalue weighted by Gasteiger charge is 2.43. The molecule has 0 radical (unpaired) electrons. The van der Waals surface area contributed by atoms with Crippen LogP contribution in [0.1, 0.15) is 64.7 Å². The molecule has 1 saturated carbocycles. The molecule has 0 heterocycles. The van der Waals surface area contributed by atoms with Crippen LogP contribution in [-0.4, -0.2) is 44.7 Å². The number of carbonyl (C=O) groups is 1. The molecule has 0 amide bonds. The largest absolute Gasteiger partial charge is 0.481 e. The maximum atomic E-state index is 10.5. The Labute approximate surface area is 151 Å². The molecule has 0 aromatic rings. The van der Waals surface area contributed by atoms with Crippen molar-refractivity contribution in [1.82, 2.24) is 0 Å². The SMILES string of the molecule is CCCCC/C=C\[C@H](O)[C@@H]1[C@@H](C/C=C\CCCC(=O)O)[C@@H](O)C[C@H]1O. The van der Waals surface area contributed by atoms with Gasteiger partial charge in [-0.2, -0.15) is 0 Å². The lowest BCUT2D eigenvalue weighted by atomic mass is 9.85. The lowest BCUT2D eigenvalue weighted by molar-refractivity contribution is -0.137. The van der Waals surface area contributed by atoms with Crippen molar-refractivity contribution in [3.63, 3.8) is 0 Å². The summed E-state index contributed by atoms with van der Waals surface area (Å²) in [5.74, 6) is -1.33. The minimum atomic E-state index is -0.795. The molecule has 5 heteroatoms. The summed E-state index contributed by atoms with van der Waals surface area (Å²) in [6.07, 6.45) is 12.1. The molecule has 5 atom stereocenters. The molecular weight excluding hydrogens is 320 g/mol. The first-order chi connectivity index (χ1) is 12.0. The smallest absolute Gasteiger partial charge is 0.303 e. The van der Waals surface area contributed by atoms with Crippen LogP contribution in [0.15, 0.2) is 24.3 Å². The summed E-state index contributed by atoms with van der Waals surface area (Å²) in [6.45, 7) is 2.15. The average Bonchev–Trinajstić information content (AvgIpc) is 2.83. The van der Waals surface area contributed by atoms with Gasteiger partial charge < -0.3 is 20.4 Å². The summed E-state index contributed by atoms with van der Waals surface area (Å²) in [4.78, 5) is 10.5. The molecule has 5 nitrogen and oxygen atoms in total. The Morgan fingerprint density at radius 2 is 1.80 bits per heavy atom. The summed E-state index contributed by atoms with van der Waals surface area (Å²) in [6, 6.07) is 0. The molecule has 0 aromatic carbocycles. The fourth-order valence-electron chi connectivity index (χ4n) is 3.53. The van der Waals surface area contributed by atoms with Gasteiger partial charge in [-0.15, -0.1) is 0 Å². The molecule has 1 fully saturated rings. The van der Waals surface area contributed by atoms with E-state index in [-0.39, 0.29) is 18.3 Å². The van der Waals surface area contributed by atoms with Gasteiger partial charge >= 0.3 is 5.97 Å². The molecule has 4 N–H and O–H groups in total. The summed E-state index contributed by atoms with van der Waals surface area (Å²) >= 11 is 0. The maximum Gasteiger partial charge on any atom is 0.303 e. The average molecular weight is 354 g/mol. The van der Waals surface area contributed by atoms with Crippen molar-refractivity contribution in [2.45, 2.75) is 83.0 Å². The number of allylic oxidation sites excluding steroid dienone is 3. The Morgan fingerprint density at radius 1 is 1.08 bits per heavy atom. The summed E-state index contributed by atoms with van der Waals surface area (Å²) in [5, 5.41) is 39.4. The lowest BCUT2D eigenvalue weighted by Gasteiger charge is -2.25. The number of carboxylic acid groups (broad SMARTS) is 1. The van der Waals surface area contributed by atoms with E-state index >= 15 is 0 Å². The highest BCUT2D eigenvalue weighted by molar-refractivity contribution is 5.66. The molecule has 0 aromatic heterocycles. The fourth-order valence-corrected chi connectivity index (χ4v) is 3.53. The van der Waals surface area contributed by atoms with Crippen LogP contribution >= 0.6 is 0 Å². The van der Waals surface area contributed by atoms with Crippen LogP contribution in [0.5, 0.6) is 0 Å². The Morgan fingerprint density at radius 3 is 2.48 bits per heavy atom. The van der Waals surface area contributed by atoms with Gasteiger partial charge in [-0.05, 0) is 44.4 Å². The van der Waals surface area contributed by atoms with Gasteiger partial charge in [-0.1, -0.05) is 44.1 Å². The third kappa shape index (κ3) is 8.17. The number of unbranched alkanes of at least 4 members (excludes halogenated alkanes) is 4. The predicted octanol–water partition coefficient (Wildman–Crippen LogP) is 3.04. The summed E-state index contributed by atoms with van der Waals surface area (Å²) in [5.41, 5.74) is 0. The van der Waals surface area contributed by atoms with E-state index in [1.54, 1.807) is 6.08 Å². The second-order valence-corrected chi connectivity index (χ2v) is 7.02. The monoisotopic (exact) mass is 354 g/mol. The molecule has 0 spiro atoms. The quantitative estimate of drug-likeness (QED) is 0.319. The van der Waals surface area contributed by atoms with Gasteiger partial charge in [0.1, 0.15) is 0 Å². The number of aliphatic hydroxyl groups is 3. The van der Waals surface area contributed by atoms with Gasteiger partial charge in [0, 0.05) is 12.3 Å². The van der Waals surface area contributed by atoms with Gasteiger partial charge in [0.2, 0.25) is 0 Å². The van der Waals surface area contributed by atoms with E-state index in [0.717, 1.165) is 19.3 Å². The molecule has 25 heavy (non-hydrogen) atoms. The molecule has 1 aliphatic carbocycles. The van der Waals surface area contributed by atoms with Crippen LogP contribution in [0.4, 0.5) is 0 Å². The lowest BCUT2D eigenvalue weighted by Crippen LogP contribution is -2.32. The number of rotatable bonds is 12. The van der Waals surface area contributed by atoms with Gasteiger partial charge in [-0.3, -0.25) is 4.79 Å². The van der Waals surface area contributed by atoms with E-state index in [2.05, 4.69) is 6.92 Å². The zero-order valence-electron chi connectivity index (χ0n) is 15.3. The van der Waals surface area contributed by atoms with Crippen molar-refractivity contribution in [1.29, 1.82) is 0 Å². The van der Waals surface area contributed by atoms with E-state index in [4.69, 9.17) is 5.11 Å².